The first-order chi connectivity index (χ1) is 6.84. The predicted molar refractivity (Wildman–Crippen MR) is 61.3 cm³/mol. The largest absolute Gasteiger partial charge is 0.465 e. The Morgan fingerprint density at radius 1 is 1.33 bits per heavy atom. The molecular weight excluding hydrogens is 213 g/mol. The smallest absolute Gasteiger partial charge is 0.337 e. The quantitative estimate of drug-likeness (QED) is 0.469. The molecular formula is C10H14NO3P. The number of carbonyl (C=O) groups is 1. The summed E-state index contributed by atoms with van der Waals surface area (Å²) < 4.78 is 16.4. The SMILES string of the molecule is COC(=O)c1cc(N)cc(P(C)(C)=O)c1. The molecule has 0 spiro atoms. The summed E-state index contributed by atoms with van der Waals surface area (Å²) in [5, 5.41) is 0.586. The van der Waals surface area contributed by atoms with Gasteiger partial charge < -0.3 is 15.0 Å². The van der Waals surface area contributed by atoms with Crippen LogP contribution in [0.3, 0.4) is 0 Å². The fraction of sp³-hybridized carbons (Fsp3) is 0.300. The molecule has 0 amide bonds. The van der Waals surface area contributed by atoms with E-state index < -0.39 is 13.1 Å². The monoisotopic (exact) mass is 227 g/mol. The summed E-state index contributed by atoms with van der Waals surface area (Å²) in [7, 11) is -1.12. The van der Waals surface area contributed by atoms with E-state index in [1.54, 1.807) is 25.5 Å². The van der Waals surface area contributed by atoms with Gasteiger partial charge in [0.2, 0.25) is 0 Å². The summed E-state index contributed by atoms with van der Waals surface area (Å²) in [5.41, 5.74) is 6.36. The van der Waals surface area contributed by atoms with Crippen molar-refractivity contribution in [3.8, 4) is 0 Å². The van der Waals surface area contributed by atoms with Crippen molar-refractivity contribution in [1.82, 2.24) is 0 Å². The first-order valence-corrected chi connectivity index (χ1v) is 6.99. The van der Waals surface area contributed by atoms with Crippen LogP contribution in [0, 0.1) is 0 Å². The number of benzene rings is 1. The molecule has 0 saturated carbocycles. The number of esters is 1. The number of rotatable bonds is 2. The average Bonchev–Trinajstić information content (AvgIpc) is 2.14. The van der Waals surface area contributed by atoms with E-state index in [0.717, 1.165) is 0 Å². The summed E-state index contributed by atoms with van der Waals surface area (Å²) in [5.74, 6) is -0.475. The minimum Gasteiger partial charge on any atom is -0.465 e. The predicted octanol–water partition coefficient (Wildman–Crippen LogP) is 1.30. The van der Waals surface area contributed by atoms with Gasteiger partial charge in [-0.05, 0) is 31.5 Å². The van der Waals surface area contributed by atoms with Gasteiger partial charge in [-0.3, -0.25) is 0 Å². The molecule has 4 nitrogen and oxygen atoms in total. The summed E-state index contributed by atoms with van der Waals surface area (Å²) in [6.07, 6.45) is 0. The summed E-state index contributed by atoms with van der Waals surface area (Å²) in [6.45, 7) is 3.26. The summed E-state index contributed by atoms with van der Waals surface area (Å²) >= 11 is 0. The fourth-order valence-corrected chi connectivity index (χ4v) is 2.09. The van der Waals surface area contributed by atoms with Crippen LogP contribution in [0.1, 0.15) is 10.4 Å². The maximum Gasteiger partial charge on any atom is 0.337 e. The number of hydrogen-bond donors (Lipinski definition) is 1. The normalized spacial score (nSPS) is 11.1. The van der Waals surface area contributed by atoms with Gasteiger partial charge in [0.05, 0.1) is 12.7 Å². The molecule has 1 aromatic rings. The molecule has 82 valence electrons. The highest BCUT2D eigenvalue weighted by atomic mass is 31.2. The highest BCUT2D eigenvalue weighted by Crippen LogP contribution is 2.35. The Morgan fingerprint density at radius 2 is 1.93 bits per heavy atom. The molecule has 0 heterocycles. The number of carbonyl (C=O) groups excluding carboxylic acids is 1. The molecule has 0 fully saturated rings. The van der Waals surface area contributed by atoms with Gasteiger partial charge in [-0.2, -0.15) is 0 Å². The van der Waals surface area contributed by atoms with Gasteiger partial charge in [0, 0.05) is 11.0 Å². The van der Waals surface area contributed by atoms with E-state index in [0.29, 0.717) is 16.6 Å². The first-order valence-electron chi connectivity index (χ1n) is 4.39. The van der Waals surface area contributed by atoms with Crippen LogP contribution in [0.25, 0.3) is 0 Å². The number of anilines is 1. The molecule has 0 aliphatic carbocycles. The van der Waals surface area contributed by atoms with Gasteiger partial charge in [0.1, 0.15) is 7.14 Å². The average molecular weight is 227 g/mol. The highest BCUT2D eigenvalue weighted by Gasteiger charge is 2.15. The number of nitrogens with two attached hydrogens (primary N) is 1. The summed E-state index contributed by atoms with van der Waals surface area (Å²) in [4.78, 5) is 11.3. The van der Waals surface area contributed by atoms with Crippen LogP contribution in [0.15, 0.2) is 18.2 Å². The molecule has 1 rings (SSSR count). The second-order valence-corrected chi connectivity index (χ2v) is 6.87. The van der Waals surface area contributed by atoms with E-state index in [9.17, 15) is 9.36 Å². The van der Waals surface area contributed by atoms with E-state index in [2.05, 4.69) is 4.74 Å². The molecule has 0 aromatic heterocycles. The van der Waals surface area contributed by atoms with Crippen molar-refractivity contribution in [2.45, 2.75) is 0 Å². The lowest BCUT2D eigenvalue weighted by atomic mass is 10.2. The minimum atomic E-state index is -2.41. The molecule has 0 saturated heterocycles. The van der Waals surface area contributed by atoms with Gasteiger partial charge in [0.25, 0.3) is 0 Å². The van der Waals surface area contributed by atoms with E-state index in [1.807, 2.05) is 0 Å². The van der Waals surface area contributed by atoms with E-state index in [1.165, 1.54) is 13.2 Å². The van der Waals surface area contributed by atoms with Crippen molar-refractivity contribution in [2.75, 3.05) is 26.2 Å². The maximum atomic E-state index is 11.8. The number of methoxy groups -OCH3 is 1. The molecule has 5 heteroatoms. The zero-order chi connectivity index (χ0) is 11.6. The molecule has 0 unspecified atom stereocenters. The second kappa shape index (κ2) is 4.07. The third-order valence-corrected chi connectivity index (χ3v) is 3.48. The molecule has 15 heavy (non-hydrogen) atoms. The van der Waals surface area contributed by atoms with Crippen LogP contribution >= 0.6 is 7.14 Å². The number of hydrogen-bond acceptors (Lipinski definition) is 4. The molecule has 0 bridgehead atoms. The van der Waals surface area contributed by atoms with Crippen molar-refractivity contribution < 1.29 is 14.1 Å². The zero-order valence-electron chi connectivity index (χ0n) is 8.98. The molecule has 0 aliphatic rings. The molecule has 1 aromatic carbocycles. The van der Waals surface area contributed by atoms with E-state index in [4.69, 9.17) is 5.73 Å². The zero-order valence-corrected chi connectivity index (χ0v) is 9.88. The standard InChI is InChI=1S/C10H14NO3P/c1-14-10(12)7-4-8(11)6-9(5-7)15(2,3)13/h4-6H,11H2,1-3H3. The molecule has 0 atom stereocenters. The van der Waals surface area contributed by atoms with Crippen LogP contribution in [0.2, 0.25) is 0 Å². The van der Waals surface area contributed by atoms with Crippen molar-refractivity contribution in [3.63, 3.8) is 0 Å². The van der Waals surface area contributed by atoms with Crippen LogP contribution in [0.5, 0.6) is 0 Å². The highest BCUT2D eigenvalue weighted by molar-refractivity contribution is 7.70. The van der Waals surface area contributed by atoms with Crippen LogP contribution in [-0.2, 0) is 9.30 Å². The Hall–Kier alpha value is -1.28. The van der Waals surface area contributed by atoms with Crippen LogP contribution in [0.4, 0.5) is 5.69 Å². The third kappa shape index (κ3) is 2.83. The summed E-state index contributed by atoms with van der Waals surface area (Å²) in [6, 6.07) is 4.68. The lowest BCUT2D eigenvalue weighted by molar-refractivity contribution is 0.0601. The van der Waals surface area contributed by atoms with E-state index >= 15 is 0 Å². The van der Waals surface area contributed by atoms with Gasteiger partial charge in [0.15, 0.2) is 0 Å². The number of ether oxygens (including phenoxy) is 1. The Morgan fingerprint density at radius 3 is 2.40 bits per heavy atom. The maximum absolute atomic E-state index is 11.8. The lowest BCUT2D eigenvalue weighted by Crippen LogP contribution is -2.10. The Bertz CT molecular complexity index is 436. The van der Waals surface area contributed by atoms with Crippen LogP contribution < -0.4 is 11.0 Å². The Kier molecular flexibility index (Phi) is 3.20. The first kappa shape index (κ1) is 11.8. The van der Waals surface area contributed by atoms with Crippen molar-refractivity contribution in [2.24, 2.45) is 0 Å². The molecule has 2 N–H and O–H groups in total. The van der Waals surface area contributed by atoms with Gasteiger partial charge in [-0.25, -0.2) is 4.79 Å². The Labute approximate surface area is 88.8 Å². The van der Waals surface area contributed by atoms with Crippen molar-refractivity contribution >= 4 is 24.1 Å². The second-order valence-electron chi connectivity index (χ2n) is 3.66. The fourth-order valence-electron chi connectivity index (χ4n) is 1.18. The van der Waals surface area contributed by atoms with Crippen molar-refractivity contribution in [3.05, 3.63) is 23.8 Å². The van der Waals surface area contributed by atoms with Crippen molar-refractivity contribution in [1.29, 1.82) is 0 Å². The molecule has 0 aliphatic heterocycles. The minimum absolute atomic E-state index is 0.330. The lowest BCUT2D eigenvalue weighted by Gasteiger charge is -2.09. The van der Waals surface area contributed by atoms with E-state index in [-0.39, 0.29) is 0 Å². The topological polar surface area (TPSA) is 69.4 Å². The van der Waals surface area contributed by atoms with Crippen LogP contribution in [-0.4, -0.2) is 26.4 Å². The molecule has 0 radical (unpaired) electrons. The van der Waals surface area contributed by atoms with Gasteiger partial charge in [-0.15, -0.1) is 0 Å². The third-order valence-electron chi connectivity index (χ3n) is 1.98. The van der Waals surface area contributed by atoms with Gasteiger partial charge >= 0.3 is 5.97 Å². The number of nitrogen functional groups attached to an aromatic ring is 1. The van der Waals surface area contributed by atoms with Gasteiger partial charge in [-0.1, -0.05) is 0 Å². The Balaban J connectivity index is 3.29.